The van der Waals surface area contributed by atoms with E-state index in [2.05, 4.69) is 15.6 Å². The first-order valence-corrected chi connectivity index (χ1v) is 13.0. The molecule has 212 valence electrons. The number of nitrogens with two attached hydrogens (primary N) is 5. The fourth-order valence-electron chi connectivity index (χ4n) is 4.20. The van der Waals surface area contributed by atoms with E-state index >= 15 is 0 Å². The summed E-state index contributed by atoms with van der Waals surface area (Å²) in [5.41, 5.74) is 27.8. The Kier molecular flexibility index (Phi) is 15.1. The largest absolute Gasteiger partial charge is 0.480 e. The topological polar surface area (TPSA) is 258 Å². The Morgan fingerprint density at radius 3 is 2.08 bits per heavy atom. The van der Waals surface area contributed by atoms with Gasteiger partial charge in [0, 0.05) is 13.1 Å². The fraction of sp³-hybridized carbons (Fsp3) is 0.783. The third kappa shape index (κ3) is 11.7. The molecule has 1 fully saturated rings. The molecule has 14 heteroatoms. The maximum absolute atomic E-state index is 13.3. The lowest BCUT2D eigenvalue weighted by Crippen LogP contribution is -2.57. The van der Waals surface area contributed by atoms with E-state index in [0.29, 0.717) is 64.5 Å². The molecule has 0 aromatic rings. The first kappa shape index (κ1) is 32.1. The van der Waals surface area contributed by atoms with Gasteiger partial charge in [0.2, 0.25) is 17.7 Å². The molecule has 0 spiro atoms. The second-order valence-electron chi connectivity index (χ2n) is 9.27. The number of carboxylic acids is 1. The number of nitrogens with one attached hydrogen (secondary N) is 2. The number of amides is 3. The van der Waals surface area contributed by atoms with Gasteiger partial charge in [0.1, 0.15) is 18.1 Å². The summed E-state index contributed by atoms with van der Waals surface area (Å²) in [5, 5.41) is 14.9. The minimum Gasteiger partial charge on any atom is -0.480 e. The van der Waals surface area contributed by atoms with E-state index in [9.17, 15) is 24.3 Å². The lowest BCUT2D eigenvalue weighted by molar-refractivity contribution is -0.149. The zero-order valence-electron chi connectivity index (χ0n) is 21.6. The van der Waals surface area contributed by atoms with Crippen molar-refractivity contribution in [2.24, 2.45) is 33.7 Å². The molecule has 14 nitrogen and oxygen atoms in total. The molecule has 4 atom stereocenters. The number of likely N-dealkylation sites (tertiary alicyclic amines) is 1. The molecule has 0 radical (unpaired) electrons. The molecular formula is C23H45N9O5. The van der Waals surface area contributed by atoms with Gasteiger partial charge in [-0.1, -0.05) is 6.42 Å². The second kappa shape index (κ2) is 17.5. The van der Waals surface area contributed by atoms with Gasteiger partial charge in [-0.05, 0) is 70.9 Å². The number of hydrogen-bond donors (Lipinski definition) is 8. The molecule has 0 aromatic carbocycles. The Bertz CT molecular complexity index is 776. The molecule has 37 heavy (non-hydrogen) atoms. The normalized spacial score (nSPS) is 17.5. The van der Waals surface area contributed by atoms with Crippen molar-refractivity contribution in [1.29, 1.82) is 0 Å². The quantitative estimate of drug-likeness (QED) is 0.0535. The van der Waals surface area contributed by atoms with Crippen LogP contribution in [0.1, 0.15) is 64.2 Å². The van der Waals surface area contributed by atoms with Crippen molar-refractivity contribution in [2.45, 2.75) is 88.4 Å². The predicted octanol–water partition coefficient (Wildman–Crippen LogP) is -2.33. The third-order valence-electron chi connectivity index (χ3n) is 6.27. The Labute approximate surface area is 218 Å². The number of unbranched alkanes of at least 4 members (excludes halogenated alkanes) is 2. The van der Waals surface area contributed by atoms with Crippen molar-refractivity contribution in [3.8, 4) is 0 Å². The van der Waals surface area contributed by atoms with Crippen molar-refractivity contribution in [1.82, 2.24) is 15.5 Å². The minimum absolute atomic E-state index is 0.0946. The van der Waals surface area contributed by atoms with Crippen molar-refractivity contribution >= 4 is 29.7 Å². The lowest BCUT2D eigenvalue weighted by Gasteiger charge is -2.29. The van der Waals surface area contributed by atoms with Crippen LogP contribution in [-0.2, 0) is 19.2 Å². The summed E-state index contributed by atoms with van der Waals surface area (Å²) in [6, 6.07) is -3.68. The van der Waals surface area contributed by atoms with E-state index < -0.39 is 47.9 Å². The van der Waals surface area contributed by atoms with Crippen molar-refractivity contribution in [3.63, 3.8) is 0 Å². The smallest absolute Gasteiger partial charge is 0.326 e. The number of hydrogen-bond acceptors (Lipinski definition) is 8. The molecule has 1 rings (SSSR count). The Morgan fingerprint density at radius 2 is 1.49 bits per heavy atom. The molecule has 3 amide bonds. The van der Waals surface area contributed by atoms with Gasteiger partial charge >= 0.3 is 5.97 Å². The first-order valence-electron chi connectivity index (χ1n) is 13.0. The van der Waals surface area contributed by atoms with Gasteiger partial charge in [0.05, 0.1) is 6.04 Å². The van der Waals surface area contributed by atoms with E-state index in [1.807, 2.05) is 0 Å². The SMILES string of the molecule is NCCCC[C@H](NC(=O)[C@@H](N)CCCCN)C(=O)N[C@@H](CCCN=C(N)N)C(=O)N1CCC[C@H]1C(=O)O. The van der Waals surface area contributed by atoms with E-state index in [-0.39, 0.29) is 25.5 Å². The third-order valence-corrected chi connectivity index (χ3v) is 6.27. The standard InChI is InChI=1S/C23H45N9O5/c24-11-3-1-7-15(26)19(33)30-16(8-2-4-12-25)20(34)31-17(9-5-13-29-23(27)28)21(35)32-14-6-10-18(32)22(36)37/h15-18H,1-14,24-26H2,(H,30,33)(H,31,34)(H,36,37)(H4,27,28,29)/t15-,16-,17-,18-/m0/s1. The van der Waals surface area contributed by atoms with Crippen molar-refractivity contribution in [3.05, 3.63) is 0 Å². The van der Waals surface area contributed by atoms with Gasteiger partial charge < -0.3 is 49.3 Å². The van der Waals surface area contributed by atoms with Gasteiger partial charge in [-0.25, -0.2) is 4.79 Å². The number of guanidine groups is 1. The zero-order valence-corrected chi connectivity index (χ0v) is 21.6. The average molecular weight is 528 g/mol. The number of aliphatic carboxylic acids is 1. The molecule has 0 aliphatic carbocycles. The highest BCUT2D eigenvalue weighted by molar-refractivity contribution is 5.94. The lowest BCUT2D eigenvalue weighted by atomic mass is 10.0. The van der Waals surface area contributed by atoms with Crippen molar-refractivity contribution < 1.29 is 24.3 Å². The van der Waals surface area contributed by atoms with E-state index in [1.54, 1.807) is 0 Å². The van der Waals surface area contributed by atoms with Crippen molar-refractivity contribution in [2.75, 3.05) is 26.2 Å². The van der Waals surface area contributed by atoms with E-state index in [1.165, 1.54) is 4.90 Å². The summed E-state index contributed by atoms with van der Waals surface area (Å²) in [6.07, 6.45) is 4.83. The highest BCUT2D eigenvalue weighted by Crippen LogP contribution is 2.20. The van der Waals surface area contributed by atoms with Crippen LogP contribution in [0.5, 0.6) is 0 Å². The van der Waals surface area contributed by atoms with Crippen LogP contribution in [0.25, 0.3) is 0 Å². The minimum atomic E-state index is -1.09. The average Bonchev–Trinajstić information content (AvgIpc) is 3.35. The van der Waals surface area contributed by atoms with Crippen LogP contribution < -0.4 is 39.3 Å². The van der Waals surface area contributed by atoms with Gasteiger partial charge in [0.15, 0.2) is 5.96 Å². The molecule has 0 saturated carbocycles. The van der Waals surface area contributed by atoms with Crippen LogP contribution in [0.15, 0.2) is 4.99 Å². The van der Waals surface area contributed by atoms with E-state index in [0.717, 1.165) is 6.42 Å². The number of carbonyl (C=O) groups is 4. The summed E-state index contributed by atoms with van der Waals surface area (Å²) in [7, 11) is 0. The molecular weight excluding hydrogens is 482 g/mol. The van der Waals surface area contributed by atoms with Gasteiger partial charge in [-0.2, -0.15) is 0 Å². The van der Waals surface area contributed by atoms with E-state index in [4.69, 9.17) is 28.7 Å². The summed E-state index contributed by atoms with van der Waals surface area (Å²) in [4.78, 5) is 56.0. The number of rotatable bonds is 18. The maximum atomic E-state index is 13.3. The van der Waals surface area contributed by atoms with Gasteiger partial charge in [-0.15, -0.1) is 0 Å². The molecule has 1 heterocycles. The molecule has 1 saturated heterocycles. The monoisotopic (exact) mass is 527 g/mol. The molecule has 13 N–H and O–H groups in total. The van der Waals surface area contributed by atoms with Crippen LogP contribution in [-0.4, -0.2) is 90.0 Å². The van der Waals surface area contributed by atoms with Gasteiger partial charge in [0.25, 0.3) is 0 Å². The highest BCUT2D eigenvalue weighted by Gasteiger charge is 2.38. The first-order chi connectivity index (χ1) is 17.6. The predicted molar refractivity (Wildman–Crippen MR) is 140 cm³/mol. The molecule has 0 unspecified atom stereocenters. The summed E-state index contributed by atoms with van der Waals surface area (Å²) < 4.78 is 0. The fourth-order valence-corrected chi connectivity index (χ4v) is 4.20. The molecule has 1 aliphatic rings. The van der Waals surface area contributed by atoms with Crippen LogP contribution in [0, 0.1) is 0 Å². The maximum Gasteiger partial charge on any atom is 0.326 e. The Hall–Kier alpha value is -2.97. The van der Waals surface area contributed by atoms with Crippen LogP contribution in [0.3, 0.4) is 0 Å². The second-order valence-corrected chi connectivity index (χ2v) is 9.27. The number of carbonyl (C=O) groups excluding carboxylic acids is 3. The summed E-state index contributed by atoms with van der Waals surface area (Å²) in [6.45, 7) is 1.44. The Morgan fingerprint density at radius 1 is 0.892 bits per heavy atom. The summed E-state index contributed by atoms with van der Waals surface area (Å²) >= 11 is 0. The number of aliphatic imine (C=N–C) groups is 1. The number of nitrogens with zero attached hydrogens (tertiary/aromatic N) is 2. The highest BCUT2D eigenvalue weighted by atomic mass is 16.4. The Balaban J connectivity index is 2.99. The zero-order chi connectivity index (χ0) is 27.8. The number of carboxylic acid groups (broad SMARTS) is 1. The summed E-state index contributed by atoms with van der Waals surface area (Å²) in [5.74, 6) is -2.69. The molecule has 0 bridgehead atoms. The molecule has 1 aliphatic heterocycles. The van der Waals surface area contributed by atoms with Crippen LogP contribution >= 0.6 is 0 Å². The molecule has 0 aromatic heterocycles. The van der Waals surface area contributed by atoms with Crippen LogP contribution in [0.2, 0.25) is 0 Å². The van der Waals surface area contributed by atoms with Crippen LogP contribution in [0.4, 0.5) is 0 Å². The van der Waals surface area contributed by atoms with Gasteiger partial charge in [-0.3, -0.25) is 19.4 Å².